The lowest BCUT2D eigenvalue weighted by molar-refractivity contribution is -0.191. The van der Waals surface area contributed by atoms with Gasteiger partial charge >= 0.3 is 6.15 Å². The van der Waals surface area contributed by atoms with Crippen LogP contribution in [0.25, 0.3) is 0 Å². The minimum Gasteiger partial charge on any atom is -0.400 e. The summed E-state index contributed by atoms with van der Waals surface area (Å²) in [7, 11) is 1.00. The Morgan fingerprint density at radius 3 is 1.38 bits per heavy atom. The predicted molar refractivity (Wildman–Crippen MR) is 24.4 cm³/mol. The molecule has 4 nitrogen and oxygen atoms in total. The van der Waals surface area contributed by atoms with Gasteiger partial charge < -0.3 is 5.11 Å². The van der Waals surface area contributed by atoms with Crippen molar-refractivity contribution in [3.63, 3.8) is 0 Å². The van der Waals surface area contributed by atoms with E-state index in [4.69, 9.17) is 20.0 Å². The van der Waals surface area contributed by atoms with Crippen LogP contribution in [0.3, 0.4) is 0 Å². The van der Waals surface area contributed by atoms with E-state index >= 15 is 0 Å². The molecule has 0 aromatic carbocycles. The molecule has 0 fully saturated rings. The second kappa shape index (κ2) is 197. The quantitative estimate of drug-likeness (QED) is 0.466. The zero-order valence-electron chi connectivity index (χ0n) is 4.71. The molecular weight excluding hydrogens is 110 g/mol. The number of nitrogens with zero attached hydrogens (tertiary/aromatic N) is 1. The van der Waals surface area contributed by atoms with Gasteiger partial charge in [0.05, 0.1) is 6.07 Å². The zero-order chi connectivity index (χ0) is 7.41. The molecule has 0 aliphatic heterocycles. The maximum absolute atomic E-state index is 8.12. The van der Waals surface area contributed by atoms with Crippen LogP contribution >= 0.6 is 0 Å². The van der Waals surface area contributed by atoms with Crippen molar-refractivity contribution in [1.29, 1.82) is 5.26 Å². The molecule has 1 N–H and O–H groups in total. The summed E-state index contributed by atoms with van der Waals surface area (Å²) in [5.74, 6) is 0. The number of hydrogen-bond donors (Lipinski definition) is 1. The lowest BCUT2D eigenvalue weighted by Crippen LogP contribution is -1.25. The van der Waals surface area contributed by atoms with Crippen LogP contribution in [0.4, 0.5) is 0 Å². The fourth-order valence-electron chi connectivity index (χ4n) is 0. The molecule has 0 saturated heterocycles. The van der Waals surface area contributed by atoms with Crippen LogP contribution in [-0.4, -0.2) is 18.4 Å². The van der Waals surface area contributed by atoms with Gasteiger partial charge in [-0.25, -0.2) is 0 Å². The number of aliphatic hydroxyl groups is 1. The van der Waals surface area contributed by atoms with Gasteiger partial charge in [0.1, 0.15) is 0 Å². The van der Waals surface area contributed by atoms with Crippen molar-refractivity contribution in [1.82, 2.24) is 0 Å². The van der Waals surface area contributed by atoms with Gasteiger partial charge in [0.15, 0.2) is 0 Å². The third-order valence-electron chi connectivity index (χ3n) is 0. The standard InChI is InChI=1S/C2H3N.CO2.CH4O/c1-2-3;2-1-3;1-2/h1H3;;2H,1H3. The second-order valence-corrected chi connectivity index (χ2v) is 0.307. The average molecular weight is 117 g/mol. The Kier molecular flexibility index (Phi) is 391. The first-order valence-corrected chi connectivity index (χ1v) is 1.58. The smallest absolute Gasteiger partial charge is 0.373 e. The molecule has 0 bridgehead atoms. The minimum absolute atomic E-state index is 0.250. The number of carbonyl (C=O) groups excluding carboxylic acids is 2. The molecule has 0 rings (SSSR count). The van der Waals surface area contributed by atoms with Crippen LogP contribution in [0.15, 0.2) is 0 Å². The summed E-state index contributed by atoms with van der Waals surface area (Å²) in [6, 6.07) is 1.75. The van der Waals surface area contributed by atoms with E-state index in [0.717, 1.165) is 7.11 Å². The Labute approximate surface area is 47.4 Å². The van der Waals surface area contributed by atoms with Gasteiger partial charge in [0.25, 0.3) is 0 Å². The van der Waals surface area contributed by atoms with E-state index in [-0.39, 0.29) is 6.15 Å². The molecule has 0 heterocycles. The van der Waals surface area contributed by atoms with Gasteiger partial charge in [-0.15, -0.1) is 0 Å². The average Bonchev–Trinajstić information content (AvgIpc) is 1.75. The fraction of sp³-hybridized carbons (Fsp3) is 0.500. The summed E-state index contributed by atoms with van der Waals surface area (Å²) in [6.45, 7) is 1.43. The second-order valence-electron chi connectivity index (χ2n) is 0.307. The van der Waals surface area contributed by atoms with Crippen molar-refractivity contribution in [3.8, 4) is 6.07 Å². The molecule has 4 heteroatoms. The molecule has 0 amide bonds. The highest BCUT2D eigenvalue weighted by atomic mass is 16.2. The van der Waals surface area contributed by atoms with Crippen molar-refractivity contribution in [2.75, 3.05) is 7.11 Å². The van der Waals surface area contributed by atoms with E-state index < -0.39 is 0 Å². The highest BCUT2D eigenvalue weighted by Crippen LogP contribution is 1.21. The van der Waals surface area contributed by atoms with Crippen LogP contribution in [-0.2, 0) is 9.59 Å². The van der Waals surface area contributed by atoms with E-state index in [0.29, 0.717) is 0 Å². The van der Waals surface area contributed by atoms with Crippen molar-refractivity contribution >= 4 is 6.15 Å². The fourth-order valence-corrected chi connectivity index (χ4v) is 0. The SMILES string of the molecule is CC#N.CO.O=C=O. The first-order chi connectivity index (χ1) is 3.83. The molecule has 0 aromatic heterocycles. The van der Waals surface area contributed by atoms with E-state index in [1.54, 1.807) is 6.07 Å². The Bertz CT molecular complexity index is 77.8. The minimum atomic E-state index is 0.250. The van der Waals surface area contributed by atoms with Crippen molar-refractivity contribution < 1.29 is 14.7 Å². The van der Waals surface area contributed by atoms with Gasteiger partial charge in [0.2, 0.25) is 0 Å². The molecule has 0 saturated carbocycles. The summed E-state index contributed by atoms with van der Waals surface area (Å²) >= 11 is 0. The first kappa shape index (κ1) is 15.8. The Morgan fingerprint density at radius 1 is 1.38 bits per heavy atom. The third-order valence-corrected chi connectivity index (χ3v) is 0. The summed E-state index contributed by atoms with van der Waals surface area (Å²) < 4.78 is 0. The summed E-state index contributed by atoms with van der Waals surface area (Å²) in [4.78, 5) is 16.2. The Hall–Kier alpha value is -1.17. The van der Waals surface area contributed by atoms with E-state index in [1.165, 1.54) is 6.92 Å². The van der Waals surface area contributed by atoms with Crippen LogP contribution in [0.5, 0.6) is 0 Å². The summed E-state index contributed by atoms with van der Waals surface area (Å²) in [6.07, 6.45) is 0.250. The Morgan fingerprint density at radius 2 is 1.38 bits per heavy atom. The molecule has 0 radical (unpaired) electrons. The predicted octanol–water partition coefficient (Wildman–Crippen LogP) is -0.445. The normalized spacial score (nSPS) is 2.75. The van der Waals surface area contributed by atoms with Gasteiger partial charge in [-0.1, -0.05) is 0 Å². The van der Waals surface area contributed by atoms with Gasteiger partial charge in [-0.05, 0) is 0 Å². The van der Waals surface area contributed by atoms with E-state index in [9.17, 15) is 0 Å². The molecule has 0 aliphatic carbocycles. The van der Waals surface area contributed by atoms with Crippen LogP contribution in [0, 0.1) is 11.3 Å². The topological polar surface area (TPSA) is 78.2 Å². The first-order valence-electron chi connectivity index (χ1n) is 1.58. The summed E-state index contributed by atoms with van der Waals surface area (Å²) in [5, 5.41) is 14.3. The van der Waals surface area contributed by atoms with E-state index in [2.05, 4.69) is 0 Å². The monoisotopic (exact) mass is 117 g/mol. The molecule has 8 heavy (non-hydrogen) atoms. The molecular formula is C4H7NO3. The highest BCUT2D eigenvalue weighted by molar-refractivity contribution is 5.20. The number of aliphatic hydroxyl groups excluding tert-OH is 1. The Balaban J connectivity index is -0.0000000483. The van der Waals surface area contributed by atoms with Crippen molar-refractivity contribution in [2.24, 2.45) is 0 Å². The lowest BCUT2D eigenvalue weighted by Gasteiger charge is -1.21. The van der Waals surface area contributed by atoms with Crippen LogP contribution < -0.4 is 0 Å². The number of rotatable bonds is 0. The molecule has 0 unspecified atom stereocenters. The number of nitriles is 1. The van der Waals surface area contributed by atoms with Gasteiger partial charge in [-0.3, -0.25) is 0 Å². The summed E-state index contributed by atoms with van der Waals surface area (Å²) in [5.41, 5.74) is 0. The van der Waals surface area contributed by atoms with Crippen LogP contribution in [0.2, 0.25) is 0 Å². The zero-order valence-corrected chi connectivity index (χ0v) is 4.71. The van der Waals surface area contributed by atoms with Crippen LogP contribution in [0.1, 0.15) is 6.92 Å². The van der Waals surface area contributed by atoms with Crippen molar-refractivity contribution in [3.05, 3.63) is 0 Å². The molecule has 0 atom stereocenters. The van der Waals surface area contributed by atoms with Gasteiger partial charge in [0, 0.05) is 14.0 Å². The lowest BCUT2D eigenvalue weighted by atomic mass is 11.0. The molecule has 0 aliphatic rings. The highest BCUT2D eigenvalue weighted by Gasteiger charge is 1.17. The van der Waals surface area contributed by atoms with E-state index in [1.807, 2.05) is 0 Å². The molecule has 46 valence electrons. The van der Waals surface area contributed by atoms with Gasteiger partial charge in [-0.2, -0.15) is 14.9 Å². The molecule has 0 aromatic rings. The molecule has 0 spiro atoms. The maximum Gasteiger partial charge on any atom is 0.373 e. The van der Waals surface area contributed by atoms with Crippen molar-refractivity contribution in [2.45, 2.75) is 6.92 Å². The largest absolute Gasteiger partial charge is 0.400 e. The third kappa shape index (κ3) is 51.8. The maximum atomic E-state index is 8.12. The number of hydrogen-bond acceptors (Lipinski definition) is 4.